The number of likely N-dealkylation sites (tertiary alicyclic amines) is 1. The van der Waals surface area contributed by atoms with Gasteiger partial charge in [0.05, 0.1) is 6.61 Å². The first kappa shape index (κ1) is 36.5. The standard InChI is InChI=1S/C45H55N3O3/c49-44(35-51-34-39-13-5-2-6-14-39)48(28-10-18-36-11-3-1-4-12-36)33-40-17-8-19-41(31-40)42-20-9-21-43(32-42)45(50)47-29-24-38(25-30-47)16-7-15-37-22-26-46-27-23-37/h1-6,8-9,11-14,17,19-21,31-32,37-38,46H,7,10,15-16,18,22-30,33-35H2. The number of carbonyl (C=O) groups excluding carboxylic acids is 2. The van der Waals surface area contributed by atoms with E-state index in [1.807, 2.05) is 65.6 Å². The normalized spacial score (nSPS) is 15.5. The number of benzene rings is 4. The van der Waals surface area contributed by atoms with Crippen molar-refractivity contribution < 1.29 is 14.3 Å². The Kier molecular flexibility index (Phi) is 13.9. The van der Waals surface area contributed by atoms with E-state index in [1.54, 1.807) is 0 Å². The number of nitrogens with one attached hydrogen (secondary N) is 1. The van der Waals surface area contributed by atoms with Crippen molar-refractivity contribution in [3.05, 3.63) is 131 Å². The smallest absolute Gasteiger partial charge is 0.253 e. The van der Waals surface area contributed by atoms with Crippen LogP contribution in [0, 0.1) is 11.8 Å². The fourth-order valence-corrected chi connectivity index (χ4v) is 7.71. The van der Waals surface area contributed by atoms with E-state index in [2.05, 4.69) is 58.7 Å². The van der Waals surface area contributed by atoms with Gasteiger partial charge in [-0.3, -0.25) is 9.59 Å². The van der Waals surface area contributed by atoms with Gasteiger partial charge in [-0.1, -0.05) is 110 Å². The molecule has 0 bridgehead atoms. The Hall–Kier alpha value is -4.26. The molecule has 51 heavy (non-hydrogen) atoms. The lowest BCUT2D eigenvalue weighted by Gasteiger charge is -2.32. The van der Waals surface area contributed by atoms with E-state index in [1.165, 1.54) is 50.8 Å². The van der Waals surface area contributed by atoms with E-state index < -0.39 is 0 Å². The lowest BCUT2D eigenvalue weighted by molar-refractivity contribution is -0.137. The maximum Gasteiger partial charge on any atom is 0.253 e. The summed E-state index contributed by atoms with van der Waals surface area (Å²) >= 11 is 0. The van der Waals surface area contributed by atoms with E-state index in [-0.39, 0.29) is 18.4 Å². The molecule has 2 fully saturated rings. The summed E-state index contributed by atoms with van der Waals surface area (Å²) in [6.45, 7) is 5.65. The van der Waals surface area contributed by atoms with Crippen LogP contribution < -0.4 is 5.32 Å². The molecular formula is C45H55N3O3. The third kappa shape index (κ3) is 11.4. The minimum absolute atomic E-state index is 0.0115. The number of hydrogen-bond donors (Lipinski definition) is 1. The first-order valence-corrected chi connectivity index (χ1v) is 19.2. The third-order valence-corrected chi connectivity index (χ3v) is 10.8. The summed E-state index contributed by atoms with van der Waals surface area (Å²) in [5, 5.41) is 3.47. The van der Waals surface area contributed by atoms with Crippen LogP contribution in [-0.4, -0.2) is 60.9 Å². The number of rotatable bonds is 16. The van der Waals surface area contributed by atoms with Crippen LogP contribution in [0.15, 0.2) is 109 Å². The van der Waals surface area contributed by atoms with Crippen LogP contribution in [0.25, 0.3) is 11.1 Å². The molecule has 2 aliphatic rings. The minimum atomic E-state index is -0.0115. The Labute approximate surface area is 305 Å². The van der Waals surface area contributed by atoms with E-state index in [0.29, 0.717) is 19.7 Å². The molecule has 4 aromatic rings. The van der Waals surface area contributed by atoms with Crippen molar-refractivity contribution in [2.24, 2.45) is 11.8 Å². The monoisotopic (exact) mass is 685 g/mol. The van der Waals surface area contributed by atoms with Crippen molar-refractivity contribution in [3.8, 4) is 11.1 Å². The second-order valence-electron chi connectivity index (χ2n) is 14.5. The third-order valence-electron chi connectivity index (χ3n) is 10.8. The zero-order chi connectivity index (χ0) is 35.1. The minimum Gasteiger partial charge on any atom is -0.367 e. The predicted octanol–water partition coefficient (Wildman–Crippen LogP) is 8.55. The fourth-order valence-electron chi connectivity index (χ4n) is 7.71. The van der Waals surface area contributed by atoms with Gasteiger partial charge in [0.25, 0.3) is 5.91 Å². The van der Waals surface area contributed by atoms with E-state index in [9.17, 15) is 9.59 Å². The second-order valence-corrected chi connectivity index (χ2v) is 14.5. The second kappa shape index (κ2) is 19.4. The Morgan fingerprint density at radius 2 is 1.31 bits per heavy atom. The first-order valence-electron chi connectivity index (χ1n) is 19.2. The molecule has 0 aromatic heterocycles. The number of piperidine rings is 2. The van der Waals surface area contributed by atoms with Crippen LogP contribution in [0.2, 0.25) is 0 Å². The lowest BCUT2D eigenvalue weighted by atomic mass is 9.87. The Bertz CT molecular complexity index is 1650. The van der Waals surface area contributed by atoms with Crippen molar-refractivity contribution in [2.75, 3.05) is 39.3 Å². The average Bonchev–Trinajstić information content (AvgIpc) is 3.19. The van der Waals surface area contributed by atoms with Gasteiger partial charge in [0, 0.05) is 31.7 Å². The molecule has 0 spiro atoms. The number of ether oxygens (including phenoxy) is 1. The van der Waals surface area contributed by atoms with E-state index >= 15 is 0 Å². The van der Waals surface area contributed by atoms with E-state index in [4.69, 9.17) is 4.74 Å². The summed E-state index contributed by atoms with van der Waals surface area (Å²) in [6.07, 6.45) is 10.6. The van der Waals surface area contributed by atoms with Gasteiger partial charge in [0.15, 0.2) is 0 Å². The van der Waals surface area contributed by atoms with Crippen LogP contribution in [-0.2, 0) is 29.1 Å². The van der Waals surface area contributed by atoms with Crippen LogP contribution in [0.3, 0.4) is 0 Å². The molecule has 0 atom stereocenters. The van der Waals surface area contributed by atoms with Crippen molar-refractivity contribution >= 4 is 11.8 Å². The quantitative estimate of drug-likeness (QED) is 0.128. The van der Waals surface area contributed by atoms with Gasteiger partial charge in [-0.2, -0.15) is 0 Å². The zero-order valence-electron chi connectivity index (χ0n) is 30.2. The van der Waals surface area contributed by atoms with Crippen LogP contribution in [0.4, 0.5) is 0 Å². The summed E-state index contributed by atoms with van der Waals surface area (Å²) in [4.78, 5) is 31.1. The molecule has 2 heterocycles. The zero-order valence-corrected chi connectivity index (χ0v) is 30.2. The van der Waals surface area contributed by atoms with Crippen LogP contribution in [0.5, 0.6) is 0 Å². The summed E-state index contributed by atoms with van der Waals surface area (Å²) in [5.74, 6) is 1.76. The average molecular weight is 686 g/mol. The van der Waals surface area contributed by atoms with Gasteiger partial charge < -0.3 is 19.9 Å². The maximum atomic E-state index is 13.6. The highest BCUT2D eigenvalue weighted by atomic mass is 16.5. The number of hydrogen-bond acceptors (Lipinski definition) is 4. The topological polar surface area (TPSA) is 61.9 Å². The highest BCUT2D eigenvalue weighted by molar-refractivity contribution is 5.95. The Balaban J connectivity index is 1.04. The molecule has 1 N–H and O–H groups in total. The molecule has 268 valence electrons. The number of aryl methyl sites for hydroxylation is 1. The van der Waals surface area contributed by atoms with Crippen molar-refractivity contribution in [1.82, 2.24) is 15.1 Å². The molecule has 0 aliphatic carbocycles. The Morgan fingerprint density at radius 1 is 0.686 bits per heavy atom. The number of amides is 2. The number of nitrogens with zero attached hydrogens (tertiary/aromatic N) is 2. The van der Waals surface area contributed by atoms with Crippen molar-refractivity contribution in [3.63, 3.8) is 0 Å². The fraction of sp³-hybridized carbons (Fsp3) is 0.422. The highest BCUT2D eigenvalue weighted by Crippen LogP contribution is 2.28. The Morgan fingerprint density at radius 3 is 2.04 bits per heavy atom. The molecular weight excluding hydrogens is 631 g/mol. The van der Waals surface area contributed by atoms with E-state index in [0.717, 1.165) is 78.4 Å². The number of carbonyl (C=O) groups is 2. The molecule has 2 aliphatic heterocycles. The van der Waals surface area contributed by atoms with Gasteiger partial charge in [-0.05, 0) is 109 Å². The highest BCUT2D eigenvalue weighted by Gasteiger charge is 2.24. The largest absolute Gasteiger partial charge is 0.367 e. The summed E-state index contributed by atoms with van der Waals surface area (Å²) in [7, 11) is 0. The van der Waals surface area contributed by atoms with Gasteiger partial charge in [-0.25, -0.2) is 0 Å². The first-order chi connectivity index (χ1) is 25.1. The van der Waals surface area contributed by atoms with Gasteiger partial charge >= 0.3 is 0 Å². The molecule has 0 radical (unpaired) electrons. The SMILES string of the molecule is O=C(COCc1ccccc1)N(CCCc1ccccc1)Cc1cccc(-c2cccc(C(=O)N3CCC(CCCC4CCNCC4)CC3)c2)c1. The molecule has 0 unspecified atom stereocenters. The predicted molar refractivity (Wildman–Crippen MR) is 206 cm³/mol. The molecule has 4 aromatic carbocycles. The molecule has 6 heteroatoms. The molecule has 6 rings (SSSR count). The summed E-state index contributed by atoms with van der Waals surface area (Å²) in [5.41, 5.74) is 6.19. The maximum absolute atomic E-state index is 13.6. The molecule has 6 nitrogen and oxygen atoms in total. The van der Waals surface area contributed by atoms with Gasteiger partial charge in [-0.15, -0.1) is 0 Å². The van der Waals surface area contributed by atoms with Gasteiger partial charge in [0.2, 0.25) is 5.91 Å². The van der Waals surface area contributed by atoms with Crippen molar-refractivity contribution in [2.45, 2.75) is 70.9 Å². The summed E-state index contributed by atoms with van der Waals surface area (Å²) < 4.78 is 5.86. The van der Waals surface area contributed by atoms with Crippen LogP contribution >= 0.6 is 0 Å². The van der Waals surface area contributed by atoms with Crippen LogP contribution in [0.1, 0.15) is 78.4 Å². The molecule has 0 saturated carbocycles. The molecule has 2 amide bonds. The lowest BCUT2D eigenvalue weighted by Crippen LogP contribution is -2.38. The van der Waals surface area contributed by atoms with Crippen molar-refractivity contribution in [1.29, 1.82) is 0 Å². The van der Waals surface area contributed by atoms with Gasteiger partial charge in [0.1, 0.15) is 6.61 Å². The molecule has 2 saturated heterocycles. The summed E-state index contributed by atoms with van der Waals surface area (Å²) in [6, 6.07) is 36.8.